The lowest BCUT2D eigenvalue weighted by Gasteiger charge is -2.03. The molecule has 0 aromatic carbocycles. The zero-order valence-corrected chi connectivity index (χ0v) is 8.49. The van der Waals surface area contributed by atoms with E-state index in [0.717, 1.165) is 0 Å². The van der Waals surface area contributed by atoms with Gasteiger partial charge in [-0.1, -0.05) is 11.6 Å². The molecule has 0 spiro atoms. The minimum atomic E-state index is -0.430. The molecule has 0 aliphatic rings. The first-order valence-electron chi connectivity index (χ1n) is 3.14. The van der Waals surface area contributed by atoms with Gasteiger partial charge in [0.05, 0.1) is 11.4 Å². The molecule has 1 rings (SSSR count). The van der Waals surface area contributed by atoms with Gasteiger partial charge in [-0.2, -0.15) is 0 Å². The molecule has 13 heavy (non-hydrogen) atoms. The zero-order chi connectivity index (χ0) is 10.0. The summed E-state index contributed by atoms with van der Waals surface area (Å²) in [5.41, 5.74) is 5.41. The highest BCUT2D eigenvalue weighted by molar-refractivity contribution is 6.38. The molecule has 2 N–H and O–H groups in total. The number of nitrogens with zero attached hydrogens (tertiary/aromatic N) is 2. The van der Waals surface area contributed by atoms with Crippen LogP contribution in [-0.2, 0) is 0 Å². The number of anilines is 1. The molecule has 4 nitrogen and oxygen atoms in total. The van der Waals surface area contributed by atoms with Crippen molar-refractivity contribution < 1.29 is 4.79 Å². The lowest BCUT2D eigenvalue weighted by atomic mass is 10.2. The number of halogens is 3. The Hall–Kier alpha value is -0.580. The van der Waals surface area contributed by atoms with Crippen LogP contribution in [0.5, 0.6) is 0 Å². The summed E-state index contributed by atoms with van der Waals surface area (Å²) >= 11 is 16.4. The van der Waals surface area contributed by atoms with E-state index in [2.05, 4.69) is 9.97 Å². The molecule has 0 amide bonds. The molecule has 0 fully saturated rings. The van der Waals surface area contributed by atoms with Crippen molar-refractivity contribution in [2.24, 2.45) is 0 Å². The Bertz CT molecular complexity index is 332. The summed E-state index contributed by atoms with van der Waals surface area (Å²) in [6.07, 6.45) is 0. The van der Waals surface area contributed by atoms with Crippen LogP contribution in [0.25, 0.3) is 0 Å². The van der Waals surface area contributed by atoms with Gasteiger partial charge in [0.25, 0.3) is 0 Å². The van der Waals surface area contributed by atoms with Crippen molar-refractivity contribution in [3.63, 3.8) is 0 Å². The molecule has 0 saturated heterocycles. The molecular formula is C6H4Cl3N3O. The van der Waals surface area contributed by atoms with Crippen LogP contribution in [-0.4, -0.2) is 21.6 Å². The minimum absolute atomic E-state index is 0.0149. The molecule has 0 radical (unpaired) electrons. The van der Waals surface area contributed by atoms with Gasteiger partial charge in [0.15, 0.2) is 5.78 Å². The van der Waals surface area contributed by atoms with E-state index in [9.17, 15) is 4.79 Å². The average molecular weight is 240 g/mol. The maximum atomic E-state index is 11.1. The summed E-state index contributed by atoms with van der Waals surface area (Å²) in [6.45, 7) is 0. The molecule has 0 atom stereocenters. The van der Waals surface area contributed by atoms with Gasteiger partial charge in [0, 0.05) is 0 Å². The predicted octanol–water partition coefficient (Wildman–Crippen LogP) is 1.79. The van der Waals surface area contributed by atoms with Crippen LogP contribution < -0.4 is 5.73 Å². The number of alkyl halides is 1. The first kappa shape index (κ1) is 10.5. The van der Waals surface area contributed by atoms with Gasteiger partial charge in [-0.05, 0) is 11.6 Å². The van der Waals surface area contributed by atoms with Gasteiger partial charge in [-0.3, -0.25) is 4.79 Å². The van der Waals surface area contributed by atoms with Crippen molar-refractivity contribution in [3.8, 4) is 0 Å². The van der Waals surface area contributed by atoms with Gasteiger partial charge < -0.3 is 5.73 Å². The van der Waals surface area contributed by atoms with Crippen LogP contribution in [0.15, 0.2) is 0 Å². The first-order chi connectivity index (χ1) is 6.06. The van der Waals surface area contributed by atoms with Crippen LogP contribution in [0.4, 0.5) is 5.82 Å². The van der Waals surface area contributed by atoms with Crippen LogP contribution in [0.2, 0.25) is 10.4 Å². The molecule has 0 bridgehead atoms. The molecular weight excluding hydrogens is 236 g/mol. The van der Waals surface area contributed by atoms with E-state index >= 15 is 0 Å². The Kier molecular flexibility index (Phi) is 3.30. The smallest absolute Gasteiger partial charge is 0.225 e. The summed E-state index contributed by atoms with van der Waals surface area (Å²) in [5, 5.41) is -0.184. The lowest BCUT2D eigenvalue weighted by Crippen LogP contribution is -2.09. The largest absolute Gasteiger partial charge is 0.383 e. The molecule has 70 valence electrons. The second-order valence-corrected chi connectivity index (χ2v) is 3.06. The second-order valence-electron chi connectivity index (χ2n) is 2.10. The average Bonchev–Trinajstić information content (AvgIpc) is 2.02. The second kappa shape index (κ2) is 4.09. The predicted molar refractivity (Wildman–Crippen MR) is 51.5 cm³/mol. The summed E-state index contributed by atoms with van der Waals surface area (Å²) in [6, 6.07) is 0. The standard InChI is InChI=1S/C6H4Cl3N3O/c7-1-2(13)3-4(8)11-6(9)12-5(3)10/h1H2,(H2,10,11,12). The Morgan fingerprint density at radius 1 is 1.38 bits per heavy atom. The van der Waals surface area contributed by atoms with Gasteiger partial charge in [0.2, 0.25) is 5.28 Å². The maximum absolute atomic E-state index is 11.1. The van der Waals surface area contributed by atoms with Crippen molar-refractivity contribution in [3.05, 3.63) is 16.0 Å². The van der Waals surface area contributed by atoms with E-state index in [-0.39, 0.29) is 27.7 Å². The summed E-state index contributed by atoms with van der Waals surface area (Å²) < 4.78 is 0. The number of nitrogen functional groups attached to an aromatic ring is 1. The highest BCUT2D eigenvalue weighted by Gasteiger charge is 2.16. The van der Waals surface area contributed by atoms with Gasteiger partial charge >= 0.3 is 0 Å². The van der Waals surface area contributed by atoms with E-state index in [0.29, 0.717) is 0 Å². The fraction of sp³-hybridized carbons (Fsp3) is 0.167. The summed E-state index contributed by atoms with van der Waals surface area (Å²) in [7, 11) is 0. The van der Waals surface area contributed by atoms with Gasteiger partial charge in [0.1, 0.15) is 11.0 Å². The maximum Gasteiger partial charge on any atom is 0.225 e. The minimum Gasteiger partial charge on any atom is -0.383 e. The monoisotopic (exact) mass is 239 g/mol. The Morgan fingerprint density at radius 2 is 2.00 bits per heavy atom. The van der Waals surface area contributed by atoms with Crippen molar-refractivity contribution >= 4 is 46.4 Å². The molecule has 0 saturated carbocycles. The molecule has 0 unspecified atom stereocenters. The number of Topliss-reactive ketones (excluding diaryl/α,β-unsaturated/α-hetero) is 1. The zero-order valence-electron chi connectivity index (χ0n) is 6.22. The van der Waals surface area contributed by atoms with Crippen molar-refractivity contribution in [1.29, 1.82) is 0 Å². The number of carbonyl (C=O) groups is 1. The van der Waals surface area contributed by atoms with Crippen LogP contribution >= 0.6 is 34.8 Å². The quantitative estimate of drug-likeness (QED) is 0.370. The number of ketones is 1. The third-order valence-electron chi connectivity index (χ3n) is 1.27. The molecule has 1 heterocycles. The summed E-state index contributed by atoms with van der Waals surface area (Å²) in [5.74, 6) is -0.717. The van der Waals surface area contributed by atoms with E-state index in [4.69, 9.17) is 40.5 Å². The normalized spacial score (nSPS) is 10.1. The number of nitrogens with two attached hydrogens (primary N) is 1. The van der Waals surface area contributed by atoms with Crippen LogP contribution in [0.3, 0.4) is 0 Å². The summed E-state index contributed by atoms with van der Waals surface area (Å²) in [4.78, 5) is 18.3. The highest BCUT2D eigenvalue weighted by atomic mass is 35.5. The number of aromatic nitrogens is 2. The van der Waals surface area contributed by atoms with Crippen molar-refractivity contribution in [2.45, 2.75) is 0 Å². The van der Waals surface area contributed by atoms with Crippen LogP contribution in [0, 0.1) is 0 Å². The number of hydrogen-bond donors (Lipinski definition) is 1. The van der Waals surface area contributed by atoms with E-state index in [1.165, 1.54) is 0 Å². The number of hydrogen-bond acceptors (Lipinski definition) is 4. The molecule has 1 aromatic rings. The van der Waals surface area contributed by atoms with E-state index < -0.39 is 5.78 Å². The van der Waals surface area contributed by atoms with E-state index in [1.807, 2.05) is 0 Å². The fourth-order valence-corrected chi connectivity index (χ4v) is 1.38. The van der Waals surface area contributed by atoms with E-state index in [1.54, 1.807) is 0 Å². The molecule has 0 aliphatic heterocycles. The number of carbonyl (C=O) groups excluding carboxylic acids is 1. The Morgan fingerprint density at radius 3 is 2.46 bits per heavy atom. The topological polar surface area (TPSA) is 68.9 Å². The third kappa shape index (κ3) is 2.21. The Balaban J connectivity index is 3.28. The molecule has 0 aliphatic carbocycles. The van der Waals surface area contributed by atoms with Crippen molar-refractivity contribution in [1.82, 2.24) is 9.97 Å². The fourth-order valence-electron chi connectivity index (χ4n) is 0.748. The lowest BCUT2D eigenvalue weighted by molar-refractivity contribution is 0.102. The number of rotatable bonds is 2. The Labute approximate surface area is 89.0 Å². The third-order valence-corrected chi connectivity index (χ3v) is 1.95. The SMILES string of the molecule is Nc1nc(Cl)nc(Cl)c1C(=O)CCl. The van der Waals surface area contributed by atoms with Crippen LogP contribution in [0.1, 0.15) is 10.4 Å². The molecule has 1 aromatic heterocycles. The molecule has 7 heteroatoms. The van der Waals surface area contributed by atoms with Crippen molar-refractivity contribution in [2.75, 3.05) is 11.6 Å². The van der Waals surface area contributed by atoms with Gasteiger partial charge in [-0.15, -0.1) is 11.6 Å². The first-order valence-corrected chi connectivity index (χ1v) is 4.43. The van der Waals surface area contributed by atoms with Gasteiger partial charge in [-0.25, -0.2) is 9.97 Å². The highest BCUT2D eigenvalue weighted by Crippen LogP contribution is 2.21.